The maximum atomic E-state index is 12.5. The van der Waals surface area contributed by atoms with Crippen LogP contribution in [0.15, 0.2) is 42.7 Å². The molecule has 0 bridgehead atoms. The number of para-hydroxylation sites is 1. The number of aryl methyl sites for hydroxylation is 1. The molecule has 0 fully saturated rings. The van der Waals surface area contributed by atoms with Gasteiger partial charge in [-0.3, -0.25) is 9.48 Å². The van der Waals surface area contributed by atoms with Crippen LogP contribution in [0.1, 0.15) is 21.7 Å². The van der Waals surface area contributed by atoms with Crippen molar-refractivity contribution < 1.29 is 4.79 Å². The summed E-state index contributed by atoms with van der Waals surface area (Å²) >= 11 is 5.82. The fourth-order valence-corrected chi connectivity index (χ4v) is 2.78. The minimum atomic E-state index is -0.134. The van der Waals surface area contributed by atoms with E-state index in [0.717, 1.165) is 11.4 Å². The number of benzene rings is 1. The van der Waals surface area contributed by atoms with Gasteiger partial charge in [0.1, 0.15) is 0 Å². The molecule has 3 aromatic rings. The van der Waals surface area contributed by atoms with Crippen molar-refractivity contribution in [2.24, 2.45) is 0 Å². The van der Waals surface area contributed by atoms with E-state index in [4.69, 9.17) is 11.6 Å². The van der Waals surface area contributed by atoms with Gasteiger partial charge in [-0.2, -0.15) is 10.2 Å². The second kappa shape index (κ2) is 6.88. The SMILES string of the molecule is Cc1nn(-c2ccccc2)c(C)c1C(=O)NCCn1cc(Cl)cn1. The van der Waals surface area contributed by atoms with Crippen molar-refractivity contribution in [2.45, 2.75) is 20.4 Å². The minimum absolute atomic E-state index is 0.134. The first-order valence-corrected chi connectivity index (χ1v) is 8.02. The van der Waals surface area contributed by atoms with Crippen molar-refractivity contribution in [3.8, 4) is 5.69 Å². The van der Waals surface area contributed by atoms with Crippen molar-refractivity contribution in [1.29, 1.82) is 0 Å². The van der Waals surface area contributed by atoms with E-state index < -0.39 is 0 Å². The van der Waals surface area contributed by atoms with Gasteiger partial charge in [0.15, 0.2) is 0 Å². The molecule has 0 atom stereocenters. The van der Waals surface area contributed by atoms with Crippen LogP contribution < -0.4 is 5.32 Å². The fraction of sp³-hybridized carbons (Fsp3) is 0.235. The number of carbonyl (C=O) groups is 1. The molecular formula is C17H18ClN5O. The van der Waals surface area contributed by atoms with Gasteiger partial charge in [0.25, 0.3) is 5.91 Å². The van der Waals surface area contributed by atoms with E-state index in [1.54, 1.807) is 21.8 Å². The first kappa shape index (κ1) is 16.3. The van der Waals surface area contributed by atoms with Crippen LogP contribution in [0.2, 0.25) is 5.02 Å². The Morgan fingerprint density at radius 3 is 2.67 bits per heavy atom. The van der Waals surface area contributed by atoms with E-state index in [-0.39, 0.29) is 5.91 Å². The van der Waals surface area contributed by atoms with Crippen LogP contribution >= 0.6 is 11.6 Å². The van der Waals surface area contributed by atoms with Crippen LogP contribution in [-0.4, -0.2) is 32.0 Å². The number of rotatable bonds is 5. The van der Waals surface area contributed by atoms with Gasteiger partial charge >= 0.3 is 0 Å². The number of hydrogen-bond acceptors (Lipinski definition) is 3. The first-order chi connectivity index (χ1) is 11.6. The van der Waals surface area contributed by atoms with Crippen molar-refractivity contribution in [3.63, 3.8) is 0 Å². The molecule has 2 heterocycles. The van der Waals surface area contributed by atoms with Crippen LogP contribution in [-0.2, 0) is 6.54 Å². The van der Waals surface area contributed by atoms with Crippen molar-refractivity contribution in [2.75, 3.05) is 6.54 Å². The Morgan fingerprint density at radius 1 is 1.25 bits per heavy atom. The zero-order valence-corrected chi connectivity index (χ0v) is 14.3. The van der Waals surface area contributed by atoms with Gasteiger partial charge in [0.2, 0.25) is 0 Å². The van der Waals surface area contributed by atoms with Gasteiger partial charge in [0, 0.05) is 12.7 Å². The fourth-order valence-electron chi connectivity index (χ4n) is 2.62. The lowest BCUT2D eigenvalue weighted by Gasteiger charge is -2.07. The number of carbonyl (C=O) groups excluding carboxylic acids is 1. The van der Waals surface area contributed by atoms with Crippen molar-refractivity contribution in [1.82, 2.24) is 24.9 Å². The van der Waals surface area contributed by atoms with E-state index >= 15 is 0 Å². The molecule has 0 spiro atoms. The summed E-state index contributed by atoms with van der Waals surface area (Å²) in [6.45, 7) is 4.76. The molecule has 0 aliphatic rings. The predicted molar refractivity (Wildman–Crippen MR) is 92.6 cm³/mol. The van der Waals surface area contributed by atoms with Gasteiger partial charge in [-0.05, 0) is 26.0 Å². The zero-order chi connectivity index (χ0) is 17.1. The third-order valence-corrected chi connectivity index (χ3v) is 3.94. The summed E-state index contributed by atoms with van der Waals surface area (Å²) in [4.78, 5) is 12.5. The molecule has 0 radical (unpaired) electrons. The maximum absolute atomic E-state index is 12.5. The number of hydrogen-bond donors (Lipinski definition) is 1. The van der Waals surface area contributed by atoms with Crippen molar-refractivity contribution >= 4 is 17.5 Å². The summed E-state index contributed by atoms with van der Waals surface area (Å²) < 4.78 is 3.48. The number of aromatic nitrogens is 4. The van der Waals surface area contributed by atoms with Crippen LogP contribution in [0, 0.1) is 13.8 Å². The Bertz CT molecular complexity index is 853. The lowest BCUT2D eigenvalue weighted by Crippen LogP contribution is -2.28. The summed E-state index contributed by atoms with van der Waals surface area (Å²) in [5.74, 6) is -0.134. The standard InChI is InChI=1S/C17H18ClN5O/c1-12-16(13(2)23(21-12)15-6-4-3-5-7-15)17(24)19-8-9-22-11-14(18)10-20-22/h3-7,10-11H,8-9H2,1-2H3,(H,19,24). The molecule has 0 saturated carbocycles. The smallest absolute Gasteiger partial charge is 0.255 e. The molecule has 0 aliphatic heterocycles. The number of nitrogens with one attached hydrogen (secondary N) is 1. The average molecular weight is 344 g/mol. The molecule has 1 N–H and O–H groups in total. The predicted octanol–water partition coefficient (Wildman–Crippen LogP) is 2.77. The summed E-state index contributed by atoms with van der Waals surface area (Å²) in [6.07, 6.45) is 3.29. The van der Waals surface area contributed by atoms with E-state index in [2.05, 4.69) is 15.5 Å². The Balaban J connectivity index is 1.72. The quantitative estimate of drug-likeness (QED) is 0.774. The molecule has 1 amide bonds. The number of nitrogens with zero attached hydrogens (tertiary/aromatic N) is 4. The van der Waals surface area contributed by atoms with Gasteiger partial charge in [0.05, 0.1) is 40.4 Å². The van der Waals surface area contributed by atoms with Gasteiger partial charge in [-0.15, -0.1) is 0 Å². The second-order valence-electron chi connectivity index (χ2n) is 5.47. The summed E-state index contributed by atoms with van der Waals surface area (Å²) in [5, 5.41) is 12.1. The van der Waals surface area contributed by atoms with Gasteiger partial charge in [-0.1, -0.05) is 29.8 Å². The van der Waals surface area contributed by atoms with Crippen molar-refractivity contribution in [3.05, 3.63) is 64.7 Å². The Morgan fingerprint density at radius 2 is 2.00 bits per heavy atom. The Kier molecular flexibility index (Phi) is 4.66. The Labute approximate surface area is 145 Å². The summed E-state index contributed by atoms with van der Waals surface area (Å²) in [7, 11) is 0. The molecule has 0 unspecified atom stereocenters. The Hall–Kier alpha value is -2.60. The first-order valence-electron chi connectivity index (χ1n) is 7.64. The second-order valence-corrected chi connectivity index (χ2v) is 5.91. The normalized spacial score (nSPS) is 10.8. The maximum Gasteiger partial charge on any atom is 0.255 e. The molecule has 0 aliphatic carbocycles. The molecule has 24 heavy (non-hydrogen) atoms. The third-order valence-electron chi connectivity index (χ3n) is 3.75. The molecule has 2 aromatic heterocycles. The molecule has 7 heteroatoms. The highest BCUT2D eigenvalue weighted by Crippen LogP contribution is 2.17. The number of amides is 1. The molecule has 124 valence electrons. The zero-order valence-electron chi connectivity index (χ0n) is 13.5. The average Bonchev–Trinajstić information content (AvgIpc) is 3.11. The van der Waals surface area contributed by atoms with Crippen LogP contribution in [0.5, 0.6) is 0 Å². The topological polar surface area (TPSA) is 64.7 Å². The van der Waals surface area contributed by atoms with Crippen LogP contribution in [0.25, 0.3) is 5.69 Å². The molecular weight excluding hydrogens is 326 g/mol. The highest BCUT2D eigenvalue weighted by atomic mass is 35.5. The molecule has 1 aromatic carbocycles. The lowest BCUT2D eigenvalue weighted by molar-refractivity contribution is 0.0950. The van der Waals surface area contributed by atoms with Gasteiger partial charge in [-0.25, -0.2) is 4.68 Å². The van der Waals surface area contributed by atoms with Gasteiger partial charge < -0.3 is 5.32 Å². The van der Waals surface area contributed by atoms with E-state index in [1.807, 2.05) is 44.2 Å². The molecule has 6 nitrogen and oxygen atoms in total. The van der Waals surface area contributed by atoms with Crippen LogP contribution in [0.3, 0.4) is 0 Å². The third kappa shape index (κ3) is 3.33. The molecule has 3 rings (SSSR count). The van der Waals surface area contributed by atoms with E-state index in [1.165, 1.54) is 0 Å². The minimum Gasteiger partial charge on any atom is -0.350 e. The highest BCUT2D eigenvalue weighted by molar-refractivity contribution is 6.30. The monoisotopic (exact) mass is 343 g/mol. The number of halogens is 1. The van der Waals surface area contributed by atoms with E-state index in [9.17, 15) is 4.79 Å². The molecule has 0 saturated heterocycles. The largest absolute Gasteiger partial charge is 0.350 e. The van der Waals surface area contributed by atoms with Crippen LogP contribution in [0.4, 0.5) is 0 Å². The highest BCUT2D eigenvalue weighted by Gasteiger charge is 2.19. The van der Waals surface area contributed by atoms with E-state index in [0.29, 0.717) is 29.4 Å². The lowest BCUT2D eigenvalue weighted by atomic mass is 10.2. The summed E-state index contributed by atoms with van der Waals surface area (Å²) in [6, 6.07) is 9.76. The summed E-state index contributed by atoms with van der Waals surface area (Å²) in [5.41, 5.74) is 3.06.